The van der Waals surface area contributed by atoms with E-state index in [2.05, 4.69) is 22.5 Å². The first-order valence-corrected chi connectivity index (χ1v) is 8.62. The zero-order valence-electron chi connectivity index (χ0n) is 14.9. The molecule has 0 unspecified atom stereocenters. The van der Waals surface area contributed by atoms with Gasteiger partial charge in [-0.15, -0.1) is 24.0 Å². The molecular weight excluding hydrogens is 436 g/mol. The second-order valence-corrected chi connectivity index (χ2v) is 6.65. The fourth-order valence-electron chi connectivity index (χ4n) is 3.39. The molecule has 1 saturated carbocycles. The van der Waals surface area contributed by atoms with Gasteiger partial charge in [-0.05, 0) is 36.8 Å². The summed E-state index contributed by atoms with van der Waals surface area (Å²) in [4.78, 5) is 4.27. The van der Waals surface area contributed by atoms with Gasteiger partial charge in [0.25, 0.3) is 0 Å². The summed E-state index contributed by atoms with van der Waals surface area (Å²) in [6.45, 7) is 4.22. The largest absolute Gasteiger partial charge is 0.467 e. The van der Waals surface area contributed by atoms with E-state index >= 15 is 0 Å². The van der Waals surface area contributed by atoms with Gasteiger partial charge in [0, 0.05) is 31.3 Å². The quantitative estimate of drug-likeness (QED) is 0.399. The molecule has 2 N–H and O–H groups in total. The van der Waals surface area contributed by atoms with E-state index in [4.69, 9.17) is 9.47 Å². The Kier molecular flexibility index (Phi) is 7.30. The van der Waals surface area contributed by atoms with Crippen molar-refractivity contribution in [2.45, 2.75) is 45.8 Å². The zero-order valence-corrected chi connectivity index (χ0v) is 17.2. The monoisotopic (exact) mass is 463 g/mol. The molecule has 1 heterocycles. The highest BCUT2D eigenvalue weighted by atomic mass is 127. The Balaban J connectivity index is 0.00000225. The van der Waals surface area contributed by atoms with E-state index in [9.17, 15) is 4.39 Å². The lowest BCUT2D eigenvalue weighted by Gasteiger charge is -2.41. The number of nitrogens with zero attached hydrogens (tertiary/aromatic N) is 1. The molecule has 1 fully saturated rings. The molecule has 0 aromatic heterocycles. The number of aliphatic imine (C=N–C) groups is 1. The van der Waals surface area contributed by atoms with Gasteiger partial charge in [-0.25, -0.2) is 4.39 Å². The van der Waals surface area contributed by atoms with Crippen LogP contribution in [0.4, 0.5) is 4.39 Å². The first kappa shape index (κ1) is 20.2. The second-order valence-electron chi connectivity index (χ2n) is 6.65. The van der Waals surface area contributed by atoms with E-state index in [-0.39, 0.29) is 36.6 Å². The van der Waals surface area contributed by atoms with Gasteiger partial charge in [-0.1, -0.05) is 13.3 Å². The molecule has 0 atom stereocenters. The molecule has 140 valence electrons. The van der Waals surface area contributed by atoms with Crippen LogP contribution < -0.4 is 15.4 Å². The number of guanidine groups is 1. The van der Waals surface area contributed by atoms with Crippen molar-refractivity contribution < 1.29 is 13.9 Å². The Bertz CT molecular complexity index is 615. The van der Waals surface area contributed by atoms with Crippen molar-refractivity contribution in [3.8, 4) is 5.75 Å². The van der Waals surface area contributed by atoms with Gasteiger partial charge in [0.05, 0.1) is 6.61 Å². The van der Waals surface area contributed by atoms with Crippen LogP contribution in [-0.2, 0) is 17.9 Å². The predicted octanol–water partition coefficient (Wildman–Crippen LogP) is 3.56. The summed E-state index contributed by atoms with van der Waals surface area (Å²) in [6, 6.07) is 2.97. The molecule has 0 bridgehead atoms. The molecule has 2 aliphatic rings. The van der Waals surface area contributed by atoms with E-state index in [0.717, 1.165) is 29.4 Å². The van der Waals surface area contributed by atoms with Crippen molar-refractivity contribution in [2.24, 2.45) is 10.4 Å². The van der Waals surface area contributed by atoms with Crippen molar-refractivity contribution in [3.63, 3.8) is 0 Å². The summed E-state index contributed by atoms with van der Waals surface area (Å²) >= 11 is 0. The molecule has 5 nitrogen and oxygen atoms in total. The van der Waals surface area contributed by atoms with E-state index in [1.807, 2.05) is 0 Å². The summed E-state index contributed by atoms with van der Waals surface area (Å²) < 4.78 is 24.5. The average Bonchev–Trinajstić information content (AvgIpc) is 2.56. The van der Waals surface area contributed by atoms with Crippen LogP contribution in [0.2, 0.25) is 0 Å². The summed E-state index contributed by atoms with van der Waals surface area (Å²) in [5.74, 6) is 1.18. The maximum atomic E-state index is 13.8. The number of rotatable bonds is 5. The van der Waals surface area contributed by atoms with Gasteiger partial charge >= 0.3 is 0 Å². The average molecular weight is 463 g/mol. The molecule has 0 amide bonds. The van der Waals surface area contributed by atoms with Gasteiger partial charge in [0.15, 0.2) is 12.8 Å². The number of hydrogen-bond acceptors (Lipinski definition) is 3. The van der Waals surface area contributed by atoms with Gasteiger partial charge in [0.2, 0.25) is 0 Å². The Labute approximate surface area is 165 Å². The first-order chi connectivity index (χ1) is 11.7. The third-order valence-corrected chi connectivity index (χ3v) is 5.22. The van der Waals surface area contributed by atoms with Crippen LogP contribution in [0.5, 0.6) is 5.75 Å². The van der Waals surface area contributed by atoms with Crippen molar-refractivity contribution in [2.75, 3.05) is 20.4 Å². The van der Waals surface area contributed by atoms with Crippen molar-refractivity contribution in [1.82, 2.24) is 10.6 Å². The number of ether oxygens (including phenoxy) is 2. The molecule has 1 aromatic rings. The van der Waals surface area contributed by atoms with Gasteiger partial charge in [0.1, 0.15) is 11.6 Å². The van der Waals surface area contributed by atoms with Crippen LogP contribution >= 0.6 is 24.0 Å². The number of halogens is 2. The number of hydrogen-bond donors (Lipinski definition) is 2. The maximum absolute atomic E-state index is 13.8. The molecule has 1 aliphatic heterocycles. The third kappa shape index (κ3) is 4.75. The first-order valence-electron chi connectivity index (χ1n) is 8.62. The number of fused-ring (bicyclic) bond motifs is 1. The van der Waals surface area contributed by atoms with Crippen LogP contribution in [-0.4, -0.2) is 26.3 Å². The summed E-state index contributed by atoms with van der Waals surface area (Å²) in [7, 11) is 1.75. The molecule has 25 heavy (non-hydrogen) atoms. The summed E-state index contributed by atoms with van der Waals surface area (Å²) in [5, 5.41) is 6.67. The Hall–Kier alpha value is -1.09. The minimum Gasteiger partial charge on any atom is -0.467 e. The van der Waals surface area contributed by atoms with Crippen molar-refractivity contribution in [3.05, 3.63) is 29.1 Å². The molecule has 1 aromatic carbocycles. The van der Waals surface area contributed by atoms with Gasteiger partial charge in [-0.3, -0.25) is 4.99 Å². The molecular formula is C18H27FIN3O2. The van der Waals surface area contributed by atoms with E-state index in [0.29, 0.717) is 18.6 Å². The SMILES string of the molecule is CCC1(CNC(=NC)NCc2cc(F)cc3c2OCOC3)CCC1.I. The highest BCUT2D eigenvalue weighted by Gasteiger charge is 2.34. The Morgan fingerprint density at radius 2 is 2.12 bits per heavy atom. The molecule has 0 spiro atoms. The third-order valence-electron chi connectivity index (χ3n) is 5.22. The normalized spacial score (nSPS) is 18.3. The topological polar surface area (TPSA) is 54.9 Å². The maximum Gasteiger partial charge on any atom is 0.191 e. The van der Waals surface area contributed by atoms with Crippen molar-refractivity contribution >= 4 is 29.9 Å². The van der Waals surface area contributed by atoms with E-state index in [1.165, 1.54) is 37.8 Å². The zero-order chi connectivity index (χ0) is 17.0. The Morgan fingerprint density at radius 3 is 2.76 bits per heavy atom. The predicted molar refractivity (Wildman–Crippen MR) is 107 cm³/mol. The van der Waals surface area contributed by atoms with Crippen LogP contribution in [0.3, 0.4) is 0 Å². The van der Waals surface area contributed by atoms with Crippen molar-refractivity contribution in [1.29, 1.82) is 0 Å². The summed E-state index contributed by atoms with van der Waals surface area (Å²) in [6.07, 6.45) is 5.05. The minimum atomic E-state index is -0.276. The molecule has 1 aliphatic carbocycles. The molecule has 0 radical (unpaired) electrons. The molecule has 3 rings (SSSR count). The lowest BCUT2D eigenvalue weighted by molar-refractivity contribution is -0.0173. The smallest absolute Gasteiger partial charge is 0.191 e. The van der Waals surface area contributed by atoms with Crippen LogP contribution in [0.25, 0.3) is 0 Å². The lowest BCUT2D eigenvalue weighted by atomic mass is 9.67. The Morgan fingerprint density at radius 1 is 1.32 bits per heavy atom. The van der Waals surface area contributed by atoms with E-state index < -0.39 is 0 Å². The second kappa shape index (κ2) is 9.02. The summed E-state index contributed by atoms with van der Waals surface area (Å²) in [5.41, 5.74) is 1.95. The van der Waals surface area contributed by atoms with E-state index in [1.54, 1.807) is 7.05 Å². The number of nitrogens with one attached hydrogen (secondary N) is 2. The standard InChI is InChI=1S/C18H26FN3O2.HI/c1-3-18(5-4-6-18)11-22-17(20-2)21-9-13-7-15(19)8-14-10-23-12-24-16(13)14;/h7-8H,3-6,9-12H2,1-2H3,(H2,20,21,22);1H. The highest BCUT2D eigenvalue weighted by Crippen LogP contribution is 2.43. The minimum absolute atomic E-state index is 0. The number of benzene rings is 1. The van der Waals surface area contributed by atoms with Crippen LogP contribution in [0.15, 0.2) is 17.1 Å². The van der Waals surface area contributed by atoms with Crippen LogP contribution in [0, 0.1) is 11.2 Å². The fourth-order valence-corrected chi connectivity index (χ4v) is 3.39. The van der Waals surface area contributed by atoms with Gasteiger partial charge in [-0.2, -0.15) is 0 Å². The fraction of sp³-hybridized carbons (Fsp3) is 0.611. The molecule has 0 saturated heterocycles. The molecule has 7 heteroatoms. The van der Waals surface area contributed by atoms with Crippen LogP contribution in [0.1, 0.15) is 43.7 Å². The highest BCUT2D eigenvalue weighted by molar-refractivity contribution is 14.0. The lowest BCUT2D eigenvalue weighted by Crippen LogP contribution is -2.46. The van der Waals surface area contributed by atoms with Gasteiger partial charge < -0.3 is 20.1 Å².